The first kappa shape index (κ1) is 15.3. The fourth-order valence-electron chi connectivity index (χ4n) is 1.29. The lowest BCUT2D eigenvalue weighted by molar-refractivity contribution is -0.274. The van der Waals surface area contributed by atoms with E-state index in [2.05, 4.69) is 15.6 Å². The second-order valence-electron chi connectivity index (χ2n) is 3.81. The van der Waals surface area contributed by atoms with Crippen molar-refractivity contribution >= 4 is 5.91 Å². The van der Waals surface area contributed by atoms with Crippen LogP contribution in [0.2, 0.25) is 0 Å². The smallest absolute Gasteiger partial charge is 0.406 e. The zero-order valence-corrected chi connectivity index (χ0v) is 10.4. The minimum absolute atomic E-state index is 0.249. The van der Waals surface area contributed by atoms with Crippen LogP contribution >= 0.6 is 0 Å². The minimum Gasteiger partial charge on any atom is -0.406 e. The number of alkyl halides is 3. The molecule has 0 spiro atoms. The van der Waals surface area contributed by atoms with E-state index in [-0.39, 0.29) is 11.3 Å². The maximum absolute atomic E-state index is 11.9. The SMILES string of the molecule is CCCCNNC(=O)c1ccc(OC(F)(F)F)cc1. The summed E-state index contributed by atoms with van der Waals surface area (Å²) < 4.78 is 39.5. The molecule has 0 atom stereocenters. The predicted molar refractivity (Wildman–Crippen MR) is 63.5 cm³/mol. The number of nitrogens with one attached hydrogen (secondary N) is 2. The highest BCUT2D eigenvalue weighted by molar-refractivity contribution is 5.93. The fraction of sp³-hybridized carbons (Fsp3) is 0.417. The first-order valence-electron chi connectivity index (χ1n) is 5.81. The highest BCUT2D eigenvalue weighted by Gasteiger charge is 2.31. The average Bonchev–Trinajstić information content (AvgIpc) is 2.33. The maximum Gasteiger partial charge on any atom is 0.573 e. The monoisotopic (exact) mass is 276 g/mol. The molecule has 1 rings (SSSR count). The number of hydrogen-bond donors (Lipinski definition) is 2. The molecule has 1 amide bonds. The van der Waals surface area contributed by atoms with Crippen molar-refractivity contribution in [1.82, 2.24) is 10.9 Å². The molecule has 0 bridgehead atoms. The van der Waals surface area contributed by atoms with Crippen molar-refractivity contribution in [1.29, 1.82) is 0 Å². The Balaban J connectivity index is 2.49. The van der Waals surface area contributed by atoms with Crippen molar-refractivity contribution in [3.63, 3.8) is 0 Å². The van der Waals surface area contributed by atoms with E-state index in [4.69, 9.17) is 0 Å². The molecular weight excluding hydrogens is 261 g/mol. The van der Waals surface area contributed by atoms with Crippen molar-refractivity contribution in [3.05, 3.63) is 29.8 Å². The molecule has 0 heterocycles. The van der Waals surface area contributed by atoms with Crippen molar-refractivity contribution in [2.75, 3.05) is 6.54 Å². The summed E-state index contributed by atoms with van der Waals surface area (Å²) in [6.45, 7) is 2.65. The molecule has 0 aromatic heterocycles. The van der Waals surface area contributed by atoms with Gasteiger partial charge in [-0.3, -0.25) is 10.2 Å². The predicted octanol–water partition coefficient (Wildman–Crippen LogP) is 2.62. The van der Waals surface area contributed by atoms with Crippen LogP contribution in [0.3, 0.4) is 0 Å². The number of hydrazine groups is 1. The molecular formula is C12H15F3N2O2. The molecule has 0 aliphatic rings. The highest BCUT2D eigenvalue weighted by atomic mass is 19.4. The van der Waals surface area contributed by atoms with E-state index in [0.29, 0.717) is 6.54 Å². The number of unbranched alkanes of at least 4 members (excludes halogenated alkanes) is 1. The van der Waals surface area contributed by atoms with Crippen LogP contribution in [0.15, 0.2) is 24.3 Å². The van der Waals surface area contributed by atoms with Gasteiger partial charge in [-0.2, -0.15) is 0 Å². The van der Waals surface area contributed by atoms with Crippen LogP contribution in [-0.4, -0.2) is 18.8 Å². The van der Waals surface area contributed by atoms with E-state index < -0.39 is 12.3 Å². The van der Waals surface area contributed by atoms with Gasteiger partial charge in [-0.25, -0.2) is 5.43 Å². The van der Waals surface area contributed by atoms with Gasteiger partial charge in [-0.15, -0.1) is 13.2 Å². The molecule has 1 aromatic carbocycles. The molecule has 106 valence electrons. The van der Waals surface area contributed by atoms with Gasteiger partial charge in [0.25, 0.3) is 5.91 Å². The Hall–Kier alpha value is -1.76. The number of halogens is 3. The van der Waals surface area contributed by atoms with Crippen LogP contribution < -0.4 is 15.6 Å². The Labute approximate surface area is 108 Å². The van der Waals surface area contributed by atoms with E-state index in [1.54, 1.807) is 0 Å². The van der Waals surface area contributed by atoms with Gasteiger partial charge in [-0.1, -0.05) is 13.3 Å². The normalized spacial score (nSPS) is 11.2. The lowest BCUT2D eigenvalue weighted by Crippen LogP contribution is -2.37. The number of amides is 1. The maximum atomic E-state index is 11.9. The number of ether oxygens (including phenoxy) is 1. The van der Waals surface area contributed by atoms with Gasteiger partial charge in [0.1, 0.15) is 5.75 Å². The van der Waals surface area contributed by atoms with E-state index >= 15 is 0 Å². The van der Waals surface area contributed by atoms with Gasteiger partial charge in [-0.05, 0) is 30.7 Å². The van der Waals surface area contributed by atoms with Gasteiger partial charge < -0.3 is 4.74 Å². The molecule has 19 heavy (non-hydrogen) atoms. The number of hydrogen-bond acceptors (Lipinski definition) is 3. The minimum atomic E-state index is -4.73. The Bertz CT molecular complexity index is 404. The van der Waals surface area contributed by atoms with Gasteiger partial charge in [0.05, 0.1) is 0 Å². The summed E-state index contributed by atoms with van der Waals surface area (Å²) in [5.41, 5.74) is 5.42. The van der Waals surface area contributed by atoms with Crippen LogP contribution in [0, 0.1) is 0 Å². The second-order valence-corrected chi connectivity index (χ2v) is 3.81. The van der Waals surface area contributed by atoms with Gasteiger partial charge in [0.2, 0.25) is 0 Å². The molecule has 7 heteroatoms. The molecule has 0 aliphatic heterocycles. The largest absolute Gasteiger partial charge is 0.573 e. The van der Waals surface area contributed by atoms with Crippen LogP contribution in [0.5, 0.6) is 5.75 Å². The van der Waals surface area contributed by atoms with Crippen LogP contribution in [0.1, 0.15) is 30.1 Å². The van der Waals surface area contributed by atoms with Crippen LogP contribution in [-0.2, 0) is 0 Å². The lowest BCUT2D eigenvalue weighted by atomic mass is 10.2. The van der Waals surface area contributed by atoms with E-state index in [1.807, 2.05) is 6.92 Å². The standard InChI is InChI=1S/C12H15F3N2O2/c1-2-3-8-16-17-11(18)9-4-6-10(7-5-9)19-12(13,14)15/h4-7,16H,2-3,8H2,1H3,(H,17,18). The molecule has 0 unspecified atom stereocenters. The molecule has 0 saturated heterocycles. The number of carbonyl (C=O) groups is 1. The molecule has 0 radical (unpaired) electrons. The Morgan fingerprint density at radius 1 is 1.26 bits per heavy atom. The van der Waals surface area contributed by atoms with Crippen molar-refractivity contribution in [3.8, 4) is 5.75 Å². The number of benzene rings is 1. The molecule has 1 aromatic rings. The summed E-state index contributed by atoms with van der Waals surface area (Å²) in [7, 11) is 0. The number of carbonyl (C=O) groups excluding carboxylic acids is 1. The Kier molecular flexibility index (Phi) is 5.62. The van der Waals surface area contributed by atoms with Gasteiger partial charge in [0, 0.05) is 12.1 Å². The Morgan fingerprint density at radius 2 is 1.89 bits per heavy atom. The van der Waals surface area contributed by atoms with Crippen LogP contribution in [0.4, 0.5) is 13.2 Å². The number of rotatable bonds is 6. The summed E-state index contributed by atoms with van der Waals surface area (Å²) in [6.07, 6.45) is -2.82. The fourth-order valence-corrected chi connectivity index (χ4v) is 1.29. The molecule has 0 fully saturated rings. The van der Waals surface area contributed by atoms with Gasteiger partial charge in [0.15, 0.2) is 0 Å². The topological polar surface area (TPSA) is 50.4 Å². The molecule has 2 N–H and O–H groups in total. The van der Waals surface area contributed by atoms with E-state index in [1.165, 1.54) is 12.1 Å². The quantitative estimate of drug-likeness (QED) is 0.620. The highest BCUT2D eigenvalue weighted by Crippen LogP contribution is 2.22. The third-order valence-electron chi connectivity index (χ3n) is 2.21. The molecule has 4 nitrogen and oxygen atoms in total. The molecule has 0 saturated carbocycles. The van der Waals surface area contributed by atoms with Crippen molar-refractivity contribution in [2.24, 2.45) is 0 Å². The van der Waals surface area contributed by atoms with Crippen LogP contribution in [0.25, 0.3) is 0 Å². The second kappa shape index (κ2) is 6.98. The summed E-state index contributed by atoms with van der Waals surface area (Å²) >= 11 is 0. The lowest BCUT2D eigenvalue weighted by Gasteiger charge is -2.09. The van der Waals surface area contributed by atoms with Gasteiger partial charge >= 0.3 is 6.36 Å². The van der Waals surface area contributed by atoms with Crippen molar-refractivity contribution in [2.45, 2.75) is 26.1 Å². The Morgan fingerprint density at radius 3 is 2.42 bits per heavy atom. The third-order valence-corrected chi connectivity index (χ3v) is 2.21. The zero-order valence-electron chi connectivity index (χ0n) is 10.4. The zero-order chi connectivity index (χ0) is 14.3. The summed E-state index contributed by atoms with van der Waals surface area (Å²) in [6, 6.07) is 4.71. The van der Waals surface area contributed by atoms with E-state index in [0.717, 1.165) is 25.0 Å². The average molecular weight is 276 g/mol. The summed E-state index contributed by atoms with van der Waals surface area (Å²) in [5, 5.41) is 0. The summed E-state index contributed by atoms with van der Waals surface area (Å²) in [5.74, 6) is -0.766. The third kappa shape index (κ3) is 6.10. The summed E-state index contributed by atoms with van der Waals surface area (Å²) in [4.78, 5) is 11.6. The first-order valence-corrected chi connectivity index (χ1v) is 5.81. The molecule has 0 aliphatic carbocycles. The first-order chi connectivity index (χ1) is 8.92. The van der Waals surface area contributed by atoms with E-state index in [9.17, 15) is 18.0 Å². The van der Waals surface area contributed by atoms with Crippen molar-refractivity contribution < 1.29 is 22.7 Å².